The molecule has 0 bridgehead atoms. The lowest BCUT2D eigenvalue weighted by Gasteiger charge is -2.14. The van der Waals surface area contributed by atoms with Crippen molar-refractivity contribution in [3.8, 4) is 5.75 Å². The summed E-state index contributed by atoms with van der Waals surface area (Å²) >= 11 is 2.85. The molecule has 0 unspecified atom stereocenters. The van der Waals surface area contributed by atoms with Gasteiger partial charge in [0.05, 0.1) is 24.8 Å². The van der Waals surface area contributed by atoms with Crippen LogP contribution in [0.25, 0.3) is 21.9 Å². The van der Waals surface area contributed by atoms with Crippen molar-refractivity contribution in [1.29, 1.82) is 0 Å². The van der Waals surface area contributed by atoms with Crippen molar-refractivity contribution in [2.75, 3.05) is 20.8 Å². The monoisotopic (exact) mass is 596 g/mol. The van der Waals surface area contributed by atoms with E-state index in [-0.39, 0.29) is 6.42 Å². The van der Waals surface area contributed by atoms with Gasteiger partial charge in [-0.05, 0) is 48.6 Å². The summed E-state index contributed by atoms with van der Waals surface area (Å²) in [5.74, 6) is 0.732. The summed E-state index contributed by atoms with van der Waals surface area (Å²) in [6.45, 7) is 4.28. The first-order valence-corrected chi connectivity index (χ1v) is 14.7. The maximum absolute atomic E-state index is 13.6. The third kappa shape index (κ3) is 6.46. The van der Waals surface area contributed by atoms with Crippen molar-refractivity contribution in [2.24, 2.45) is 0 Å². The minimum atomic E-state index is -0.511. The van der Waals surface area contributed by atoms with Gasteiger partial charge in [-0.1, -0.05) is 78.7 Å². The Morgan fingerprint density at radius 1 is 0.833 bits per heavy atom. The van der Waals surface area contributed by atoms with E-state index in [2.05, 4.69) is 6.58 Å². The molecule has 212 valence electrons. The fourth-order valence-corrected chi connectivity index (χ4v) is 6.60. The summed E-state index contributed by atoms with van der Waals surface area (Å²) in [6.07, 6.45) is 7.37. The van der Waals surface area contributed by atoms with Crippen molar-refractivity contribution in [1.82, 2.24) is 0 Å². The molecule has 0 aliphatic carbocycles. The van der Waals surface area contributed by atoms with E-state index >= 15 is 0 Å². The highest BCUT2D eigenvalue weighted by Gasteiger charge is 2.22. The predicted octanol–water partition coefficient (Wildman–Crippen LogP) is 8.01. The van der Waals surface area contributed by atoms with Crippen molar-refractivity contribution in [3.05, 3.63) is 141 Å². The molecular weight excluding hydrogens is 569 g/mol. The van der Waals surface area contributed by atoms with Gasteiger partial charge < -0.3 is 18.3 Å². The Hall–Kier alpha value is -4.24. The number of para-hydroxylation sites is 2. The van der Waals surface area contributed by atoms with Gasteiger partial charge in [-0.3, -0.25) is 0 Å². The van der Waals surface area contributed by atoms with Crippen LogP contribution in [0, 0.1) is 0 Å². The molecule has 0 N–H and O–H groups in total. The molecule has 0 aliphatic heterocycles. The average Bonchev–Trinajstić information content (AvgIpc) is 3.00. The number of ether oxygens (including phenoxy) is 2. The molecule has 5 aromatic rings. The van der Waals surface area contributed by atoms with Crippen LogP contribution in [0.3, 0.4) is 0 Å². The molecule has 42 heavy (non-hydrogen) atoms. The Bertz CT molecular complexity index is 1920. The SMILES string of the molecule is C=C/C=C(\C=C/COC)Sc1c(Cc2c(Sc3ccc(OC)cc3)c3ccccc3oc2=O)c(=O)oc2ccccc12. The van der Waals surface area contributed by atoms with Crippen LogP contribution in [-0.4, -0.2) is 20.8 Å². The van der Waals surface area contributed by atoms with Crippen LogP contribution in [0.15, 0.2) is 142 Å². The number of fused-ring (bicyclic) bond motifs is 2. The maximum Gasteiger partial charge on any atom is 0.340 e. The van der Waals surface area contributed by atoms with Gasteiger partial charge >= 0.3 is 11.3 Å². The van der Waals surface area contributed by atoms with Crippen LogP contribution in [0.2, 0.25) is 0 Å². The minimum Gasteiger partial charge on any atom is -0.497 e. The highest BCUT2D eigenvalue weighted by molar-refractivity contribution is 8.03. The van der Waals surface area contributed by atoms with E-state index in [0.717, 1.165) is 31.2 Å². The van der Waals surface area contributed by atoms with Gasteiger partial charge in [-0.25, -0.2) is 9.59 Å². The fraction of sp³-hybridized carbons (Fsp3) is 0.118. The van der Waals surface area contributed by atoms with Gasteiger partial charge in [0.15, 0.2) is 0 Å². The zero-order chi connectivity index (χ0) is 29.5. The third-order valence-electron chi connectivity index (χ3n) is 6.39. The van der Waals surface area contributed by atoms with Crippen molar-refractivity contribution >= 4 is 45.5 Å². The van der Waals surface area contributed by atoms with E-state index in [4.69, 9.17) is 18.3 Å². The second kappa shape index (κ2) is 13.6. The summed E-state index contributed by atoms with van der Waals surface area (Å²) in [4.78, 5) is 30.3. The lowest BCUT2D eigenvalue weighted by atomic mass is 10.0. The molecule has 3 aromatic carbocycles. The Kier molecular flexibility index (Phi) is 9.48. The van der Waals surface area contributed by atoms with Crippen LogP contribution in [-0.2, 0) is 11.2 Å². The Morgan fingerprint density at radius 2 is 1.43 bits per heavy atom. The molecule has 0 atom stereocenters. The quantitative estimate of drug-likeness (QED) is 0.0862. The van der Waals surface area contributed by atoms with Crippen LogP contribution in [0.4, 0.5) is 0 Å². The molecule has 0 radical (unpaired) electrons. The molecule has 0 aliphatic rings. The first-order valence-electron chi connectivity index (χ1n) is 13.1. The number of thioether (sulfide) groups is 1. The number of rotatable bonds is 11. The Morgan fingerprint density at radius 3 is 2.02 bits per heavy atom. The summed E-state index contributed by atoms with van der Waals surface area (Å²) in [7, 11) is 3.24. The molecule has 6 nitrogen and oxygen atoms in total. The maximum atomic E-state index is 13.6. The molecule has 2 heterocycles. The number of allylic oxidation sites excluding steroid dienone is 3. The molecule has 0 fully saturated rings. The average molecular weight is 597 g/mol. The molecule has 0 spiro atoms. The Balaban J connectivity index is 1.69. The van der Waals surface area contributed by atoms with Crippen molar-refractivity contribution in [2.45, 2.75) is 21.1 Å². The highest BCUT2D eigenvalue weighted by Crippen LogP contribution is 2.39. The Labute approximate surface area is 251 Å². The van der Waals surface area contributed by atoms with Crippen LogP contribution < -0.4 is 16.0 Å². The highest BCUT2D eigenvalue weighted by atomic mass is 32.2. The number of benzene rings is 3. The van der Waals surface area contributed by atoms with Crippen molar-refractivity contribution < 1.29 is 18.3 Å². The van der Waals surface area contributed by atoms with E-state index in [1.165, 1.54) is 23.5 Å². The lowest BCUT2D eigenvalue weighted by molar-refractivity contribution is 0.234. The van der Waals surface area contributed by atoms with E-state index in [1.807, 2.05) is 78.9 Å². The second-order valence-corrected chi connectivity index (χ2v) is 11.3. The van der Waals surface area contributed by atoms with Gasteiger partial charge in [0.25, 0.3) is 0 Å². The van der Waals surface area contributed by atoms with Gasteiger partial charge in [-0.15, -0.1) is 0 Å². The number of hydrogen-bond acceptors (Lipinski definition) is 8. The first kappa shape index (κ1) is 29.3. The van der Waals surface area contributed by atoms with Gasteiger partial charge in [0.1, 0.15) is 16.9 Å². The zero-order valence-corrected chi connectivity index (χ0v) is 24.8. The first-order chi connectivity index (χ1) is 20.5. The molecule has 8 heteroatoms. The normalized spacial score (nSPS) is 11.9. The van der Waals surface area contributed by atoms with E-state index in [9.17, 15) is 9.59 Å². The molecule has 5 rings (SSSR count). The van der Waals surface area contributed by atoms with E-state index < -0.39 is 11.3 Å². The molecular formula is C34H28O6S2. The lowest BCUT2D eigenvalue weighted by Crippen LogP contribution is -2.16. The van der Waals surface area contributed by atoms with E-state index in [0.29, 0.717) is 33.8 Å². The molecule has 0 saturated heterocycles. The smallest absolute Gasteiger partial charge is 0.340 e. The topological polar surface area (TPSA) is 78.9 Å². The van der Waals surface area contributed by atoms with Gasteiger partial charge in [0, 0.05) is 43.9 Å². The van der Waals surface area contributed by atoms with E-state index in [1.54, 1.807) is 32.4 Å². The van der Waals surface area contributed by atoms with Crippen molar-refractivity contribution in [3.63, 3.8) is 0 Å². The fourth-order valence-electron chi connectivity index (χ4n) is 4.41. The predicted molar refractivity (Wildman–Crippen MR) is 170 cm³/mol. The standard InChI is InChI=1S/C34H28O6S2/c1-4-10-23(11-9-20-37-2)41-31-25-12-5-7-14-29(25)39-33(35)27(31)21-28-32(42-24-18-16-22(38-3)17-19-24)26-13-6-8-15-30(26)40-34(28)36/h4-19H,1,20-21H2,2-3H3/b11-9-,23-10+. The minimum absolute atomic E-state index is 0.0182. The van der Waals surface area contributed by atoms with Crippen LogP contribution >= 0.6 is 23.5 Å². The second-order valence-electron chi connectivity index (χ2n) is 9.11. The summed E-state index contributed by atoms with van der Waals surface area (Å²) < 4.78 is 22.0. The zero-order valence-electron chi connectivity index (χ0n) is 23.1. The van der Waals surface area contributed by atoms with Gasteiger partial charge in [0.2, 0.25) is 0 Å². The van der Waals surface area contributed by atoms with Crippen LogP contribution in [0.5, 0.6) is 5.75 Å². The third-order valence-corrected chi connectivity index (χ3v) is 8.75. The molecule has 2 aromatic heterocycles. The largest absolute Gasteiger partial charge is 0.497 e. The number of hydrogen-bond donors (Lipinski definition) is 0. The molecule has 0 amide bonds. The van der Waals surface area contributed by atoms with Gasteiger partial charge in [-0.2, -0.15) is 0 Å². The summed E-state index contributed by atoms with van der Waals surface area (Å²) in [5, 5.41) is 1.55. The summed E-state index contributed by atoms with van der Waals surface area (Å²) in [5.41, 5.74) is 0.668. The molecule has 0 saturated carbocycles. The number of methoxy groups -OCH3 is 2. The summed E-state index contributed by atoms with van der Waals surface area (Å²) in [6, 6.07) is 22.4. The van der Waals surface area contributed by atoms with Crippen LogP contribution in [0.1, 0.15) is 11.1 Å².